The van der Waals surface area contributed by atoms with E-state index in [2.05, 4.69) is 17.0 Å². The van der Waals surface area contributed by atoms with Crippen molar-refractivity contribution in [1.29, 1.82) is 0 Å². The number of hydrogen-bond acceptors (Lipinski definition) is 4. The van der Waals surface area contributed by atoms with E-state index < -0.39 is 0 Å². The van der Waals surface area contributed by atoms with E-state index in [1.165, 1.54) is 0 Å². The van der Waals surface area contributed by atoms with Crippen LogP contribution in [0.15, 0.2) is 0 Å². The minimum Gasteiger partial charge on any atom is -0.392 e. The molecule has 1 aliphatic rings. The molecule has 6 heteroatoms. The molecule has 1 fully saturated rings. The van der Waals surface area contributed by atoms with Gasteiger partial charge in [0.2, 0.25) is 5.91 Å². The van der Waals surface area contributed by atoms with Crippen LogP contribution in [0, 0.1) is 13.8 Å². The average molecular weight is 266 g/mol. The minimum absolute atomic E-state index is 0.0274. The summed E-state index contributed by atoms with van der Waals surface area (Å²) in [6, 6.07) is 0. The first-order valence-corrected chi connectivity index (χ1v) is 6.63. The van der Waals surface area contributed by atoms with Gasteiger partial charge in [0, 0.05) is 37.4 Å². The quantitative estimate of drug-likeness (QED) is 0.820. The van der Waals surface area contributed by atoms with Crippen LogP contribution in [0.3, 0.4) is 0 Å². The fourth-order valence-electron chi connectivity index (χ4n) is 2.40. The Kier molecular flexibility index (Phi) is 4.21. The first-order chi connectivity index (χ1) is 9.02. The van der Waals surface area contributed by atoms with Gasteiger partial charge in [-0.05, 0) is 20.9 Å². The predicted molar refractivity (Wildman–Crippen MR) is 71.7 cm³/mol. The van der Waals surface area contributed by atoms with Gasteiger partial charge in [0.25, 0.3) is 0 Å². The molecule has 0 saturated carbocycles. The summed E-state index contributed by atoms with van der Waals surface area (Å²) < 4.78 is 1.70. The van der Waals surface area contributed by atoms with Gasteiger partial charge in [-0.3, -0.25) is 9.48 Å². The summed E-state index contributed by atoms with van der Waals surface area (Å²) in [5, 5.41) is 13.6. The molecule has 1 aromatic rings. The zero-order valence-electron chi connectivity index (χ0n) is 11.9. The Balaban J connectivity index is 2.03. The molecule has 1 saturated heterocycles. The number of amides is 1. The van der Waals surface area contributed by atoms with Crippen molar-refractivity contribution in [3.63, 3.8) is 0 Å². The number of carbonyl (C=O) groups is 1. The van der Waals surface area contributed by atoms with Crippen molar-refractivity contribution in [2.45, 2.75) is 27.0 Å². The molecule has 1 amide bonds. The number of aromatic nitrogens is 2. The van der Waals surface area contributed by atoms with E-state index in [4.69, 9.17) is 0 Å². The summed E-state index contributed by atoms with van der Waals surface area (Å²) in [4.78, 5) is 16.3. The zero-order chi connectivity index (χ0) is 14.0. The van der Waals surface area contributed by atoms with Crippen LogP contribution < -0.4 is 0 Å². The Morgan fingerprint density at radius 1 is 1.26 bits per heavy atom. The predicted octanol–water partition coefficient (Wildman–Crippen LogP) is -0.234. The number of hydrogen-bond donors (Lipinski definition) is 1. The van der Waals surface area contributed by atoms with Crippen molar-refractivity contribution in [3.05, 3.63) is 17.0 Å². The molecule has 0 aromatic carbocycles. The molecule has 1 N–H and O–H groups in total. The normalized spacial score (nSPS) is 16.9. The lowest BCUT2D eigenvalue weighted by Crippen LogP contribution is -2.48. The second-order valence-electron chi connectivity index (χ2n) is 5.15. The van der Waals surface area contributed by atoms with Crippen LogP contribution in [0.1, 0.15) is 17.0 Å². The van der Waals surface area contributed by atoms with E-state index in [1.54, 1.807) is 4.68 Å². The van der Waals surface area contributed by atoms with Gasteiger partial charge in [-0.25, -0.2) is 0 Å². The second kappa shape index (κ2) is 5.71. The monoisotopic (exact) mass is 266 g/mol. The summed E-state index contributed by atoms with van der Waals surface area (Å²) in [5.41, 5.74) is 2.50. The van der Waals surface area contributed by atoms with Crippen LogP contribution in [0.4, 0.5) is 0 Å². The van der Waals surface area contributed by atoms with Gasteiger partial charge < -0.3 is 14.9 Å². The average Bonchev–Trinajstić information content (AvgIpc) is 2.64. The maximum Gasteiger partial charge on any atom is 0.244 e. The van der Waals surface area contributed by atoms with E-state index >= 15 is 0 Å². The largest absolute Gasteiger partial charge is 0.392 e. The summed E-state index contributed by atoms with van der Waals surface area (Å²) in [6.45, 7) is 7.38. The molecule has 2 rings (SSSR count). The molecule has 1 aliphatic heterocycles. The smallest absolute Gasteiger partial charge is 0.244 e. The van der Waals surface area contributed by atoms with Crippen molar-refractivity contribution < 1.29 is 9.90 Å². The number of nitrogens with zero attached hydrogens (tertiary/aromatic N) is 4. The Morgan fingerprint density at radius 2 is 1.89 bits per heavy atom. The standard InChI is InChI=1S/C13H22N4O2/c1-10-12(9-18)11(2)17(14-10)8-13(19)16-6-4-15(3)5-7-16/h18H,4-9H2,1-3H3. The van der Waals surface area contributed by atoms with Crippen LogP contribution in [0.25, 0.3) is 0 Å². The topological polar surface area (TPSA) is 61.6 Å². The number of carbonyl (C=O) groups excluding carboxylic acids is 1. The lowest BCUT2D eigenvalue weighted by atomic mass is 10.2. The number of aliphatic hydroxyl groups excluding tert-OH is 1. The zero-order valence-corrected chi connectivity index (χ0v) is 11.9. The first-order valence-electron chi connectivity index (χ1n) is 6.63. The fourth-order valence-corrected chi connectivity index (χ4v) is 2.40. The SMILES string of the molecule is Cc1nn(CC(=O)N2CCN(C)CC2)c(C)c1CO. The highest BCUT2D eigenvalue weighted by molar-refractivity contribution is 5.76. The molecule has 0 atom stereocenters. The molecule has 19 heavy (non-hydrogen) atoms. The Hall–Kier alpha value is -1.40. The van der Waals surface area contributed by atoms with E-state index in [1.807, 2.05) is 18.7 Å². The molecule has 6 nitrogen and oxygen atoms in total. The van der Waals surface area contributed by atoms with Crippen LogP contribution in [-0.2, 0) is 17.9 Å². The maximum absolute atomic E-state index is 12.2. The van der Waals surface area contributed by atoms with Crippen LogP contribution in [0.2, 0.25) is 0 Å². The van der Waals surface area contributed by atoms with Gasteiger partial charge >= 0.3 is 0 Å². The molecular weight excluding hydrogens is 244 g/mol. The molecule has 0 unspecified atom stereocenters. The highest BCUT2D eigenvalue weighted by Gasteiger charge is 2.21. The lowest BCUT2D eigenvalue weighted by molar-refractivity contribution is -0.133. The van der Waals surface area contributed by atoms with E-state index in [0.29, 0.717) is 0 Å². The molecule has 0 bridgehead atoms. The van der Waals surface area contributed by atoms with Gasteiger partial charge in [0.15, 0.2) is 0 Å². The molecule has 106 valence electrons. The Labute approximate surface area is 113 Å². The summed E-state index contributed by atoms with van der Waals surface area (Å²) in [5.74, 6) is 0.100. The molecular formula is C13H22N4O2. The lowest BCUT2D eigenvalue weighted by Gasteiger charge is -2.32. The third kappa shape index (κ3) is 2.96. The third-order valence-electron chi connectivity index (χ3n) is 3.83. The van der Waals surface area contributed by atoms with Crippen LogP contribution in [-0.4, -0.2) is 63.8 Å². The maximum atomic E-state index is 12.2. The first kappa shape index (κ1) is 14.0. The third-order valence-corrected chi connectivity index (χ3v) is 3.83. The molecule has 1 aromatic heterocycles. The molecule has 2 heterocycles. The van der Waals surface area contributed by atoms with Gasteiger partial charge in [0.1, 0.15) is 6.54 Å². The van der Waals surface area contributed by atoms with E-state index in [0.717, 1.165) is 43.1 Å². The van der Waals surface area contributed by atoms with Crippen molar-refractivity contribution in [2.75, 3.05) is 33.2 Å². The van der Waals surface area contributed by atoms with Crippen molar-refractivity contribution in [3.8, 4) is 0 Å². The summed E-state index contributed by atoms with van der Waals surface area (Å²) in [6.07, 6.45) is 0. The van der Waals surface area contributed by atoms with Gasteiger partial charge in [0.05, 0.1) is 12.3 Å². The number of aryl methyl sites for hydroxylation is 1. The summed E-state index contributed by atoms with van der Waals surface area (Å²) in [7, 11) is 2.07. The fraction of sp³-hybridized carbons (Fsp3) is 0.692. The Bertz CT molecular complexity index is 461. The number of aliphatic hydroxyl groups is 1. The van der Waals surface area contributed by atoms with E-state index in [-0.39, 0.29) is 19.1 Å². The molecule has 0 aliphatic carbocycles. The van der Waals surface area contributed by atoms with Gasteiger partial charge in [-0.2, -0.15) is 5.10 Å². The van der Waals surface area contributed by atoms with Gasteiger partial charge in [-0.15, -0.1) is 0 Å². The van der Waals surface area contributed by atoms with Crippen molar-refractivity contribution in [1.82, 2.24) is 19.6 Å². The Morgan fingerprint density at radius 3 is 2.42 bits per heavy atom. The molecule has 0 radical (unpaired) electrons. The number of likely N-dealkylation sites (N-methyl/N-ethyl adjacent to an activating group) is 1. The second-order valence-corrected chi connectivity index (χ2v) is 5.15. The summed E-state index contributed by atoms with van der Waals surface area (Å²) >= 11 is 0. The van der Waals surface area contributed by atoms with Crippen LogP contribution >= 0.6 is 0 Å². The van der Waals surface area contributed by atoms with Crippen molar-refractivity contribution >= 4 is 5.91 Å². The van der Waals surface area contributed by atoms with Gasteiger partial charge in [-0.1, -0.05) is 0 Å². The highest BCUT2D eigenvalue weighted by atomic mass is 16.3. The molecule has 0 spiro atoms. The number of piperazine rings is 1. The van der Waals surface area contributed by atoms with E-state index in [9.17, 15) is 9.90 Å². The minimum atomic E-state index is -0.0274. The van der Waals surface area contributed by atoms with Crippen molar-refractivity contribution in [2.24, 2.45) is 0 Å². The highest BCUT2D eigenvalue weighted by Crippen LogP contribution is 2.13. The van der Waals surface area contributed by atoms with Crippen LogP contribution in [0.5, 0.6) is 0 Å². The number of rotatable bonds is 3.